The summed E-state index contributed by atoms with van der Waals surface area (Å²) in [5.74, 6) is -1.62. The van der Waals surface area contributed by atoms with Crippen LogP contribution in [0.4, 0.5) is 14.6 Å². The third-order valence-electron chi connectivity index (χ3n) is 8.69. The lowest BCUT2D eigenvalue weighted by Gasteiger charge is -2.39. The molecule has 4 aromatic rings. The van der Waals surface area contributed by atoms with E-state index in [1.165, 1.54) is 24.4 Å². The number of fused-ring (bicyclic) bond motifs is 1. The summed E-state index contributed by atoms with van der Waals surface area (Å²) in [4.78, 5) is 39.3. The van der Waals surface area contributed by atoms with Crippen LogP contribution in [0.3, 0.4) is 0 Å². The molecule has 11 nitrogen and oxygen atoms in total. The Morgan fingerprint density at radius 3 is 2.67 bits per heavy atom. The van der Waals surface area contributed by atoms with Crippen molar-refractivity contribution in [1.82, 2.24) is 29.7 Å². The van der Waals surface area contributed by atoms with Crippen molar-refractivity contribution in [1.29, 1.82) is 0 Å². The molecule has 2 aliphatic rings. The molecule has 0 radical (unpaired) electrons. The maximum Gasteiger partial charge on any atom is 0.319 e. The van der Waals surface area contributed by atoms with Gasteiger partial charge in [-0.1, -0.05) is 17.7 Å². The molecule has 4 heterocycles. The monoisotopic (exact) mass is 674 g/mol. The molecule has 0 saturated carbocycles. The summed E-state index contributed by atoms with van der Waals surface area (Å²) in [6.07, 6.45) is 5.88. The molecule has 0 unspecified atom stereocenters. The third kappa shape index (κ3) is 6.86. The summed E-state index contributed by atoms with van der Waals surface area (Å²) >= 11 is 6.28. The third-order valence-corrected chi connectivity index (χ3v) is 8.92. The van der Waals surface area contributed by atoms with Crippen LogP contribution in [0.2, 0.25) is 5.02 Å². The molecule has 0 spiro atoms. The summed E-state index contributed by atoms with van der Waals surface area (Å²) in [7, 11) is 3.53. The smallest absolute Gasteiger partial charge is 0.319 e. The predicted molar refractivity (Wildman–Crippen MR) is 178 cm³/mol. The van der Waals surface area contributed by atoms with E-state index >= 15 is 8.78 Å². The van der Waals surface area contributed by atoms with Gasteiger partial charge in [0.25, 0.3) is 5.91 Å². The zero-order valence-corrected chi connectivity index (χ0v) is 27.2. The molecule has 2 fully saturated rings. The van der Waals surface area contributed by atoms with E-state index < -0.39 is 23.6 Å². The maximum atomic E-state index is 16.5. The van der Waals surface area contributed by atoms with E-state index in [9.17, 15) is 4.79 Å². The van der Waals surface area contributed by atoms with Gasteiger partial charge in [-0.05, 0) is 56.8 Å². The molecule has 48 heavy (non-hydrogen) atoms. The second kappa shape index (κ2) is 14.5. The summed E-state index contributed by atoms with van der Waals surface area (Å²) in [6.45, 7) is 9.22. The minimum Gasteiger partial charge on any atom is -0.496 e. The number of piperazine rings is 1. The van der Waals surface area contributed by atoms with Gasteiger partial charge in [0.2, 0.25) is 6.54 Å². The molecule has 2 aliphatic heterocycles. The predicted octanol–water partition coefficient (Wildman–Crippen LogP) is 5.31. The number of hydrogen-bond donors (Lipinski definition) is 0. The Kier molecular flexibility index (Phi) is 9.93. The van der Waals surface area contributed by atoms with Crippen molar-refractivity contribution in [2.75, 3.05) is 58.4 Å². The number of methoxy groups -OCH3 is 1. The summed E-state index contributed by atoms with van der Waals surface area (Å²) in [6, 6.07) is 9.38. The molecular formula is C34H33ClF2N8O3. The lowest BCUT2D eigenvalue weighted by molar-refractivity contribution is -0.130. The number of carbonyl (C=O) groups is 1. The highest BCUT2D eigenvalue weighted by atomic mass is 35.5. The van der Waals surface area contributed by atoms with Crippen molar-refractivity contribution >= 4 is 40.3 Å². The number of amides is 1. The van der Waals surface area contributed by atoms with Crippen molar-refractivity contribution in [3.05, 3.63) is 82.7 Å². The number of benzene rings is 2. The number of rotatable bonds is 9. The van der Waals surface area contributed by atoms with Crippen LogP contribution < -0.4 is 14.4 Å². The number of ether oxygens (including phenoxy) is 2. The first-order chi connectivity index (χ1) is 23.3. The number of carbonyl (C=O) groups excluding carboxylic acids is 1. The summed E-state index contributed by atoms with van der Waals surface area (Å²) in [5, 5.41) is 0.829. The normalized spacial score (nSPS) is 18.6. The van der Waals surface area contributed by atoms with Crippen molar-refractivity contribution in [3.8, 4) is 22.9 Å². The highest BCUT2D eigenvalue weighted by molar-refractivity contribution is 6.31. The Balaban J connectivity index is 1.37. The SMILES string of the molecule is [C-]#[N+]C[C@H]1CN(c2nc(OC[C@@H]3CCCN3C)nc3c(F)c(-c4cc(Cl)ccc4OC)ccc23)CCN1C(=O)/C(F)=C/c1ncccn1. The molecule has 248 valence electrons. The molecule has 0 N–H and O–H groups in total. The molecule has 2 aromatic heterocycles. The molecule has 14 heteroatoms. The Morgan fingerprint density at radius 2 is 1.94 bits per heavy atom. The lowest BCUT2D eigenvalue weighted by atomic mass is 10.0. The second-order valence-electron chi connectivity index (χ2n) is 11.6. The standard InChI is InChI=1S/C34H33ClF2N8O3/c1-38-18-23-19-44(14-15-45(23)33(46)27(36)17-29-39-11-5-12-40-29)32-25-9-8-24(26-16-21(35)7-10-28(26)47-3)30(37)31(25)41-34(42-32)48-20-22-6-4-13-43(22)2/h5,7-12,16-17,22-23H,4,6,13-15,18-20H2,2-3H3/b27-17-/t22-,23-/m0/s1. The van der Waals surface area contributed by atoms with Gasteiger partial charge in [0, 0.05) is 65.7 Å². The molecule has 1 amide bonds. The van der Waals surface area contributed by atoms with Gasteiger partial charge in [0.05, 0.1) is 7.11 Å². The van der Waals surface area contributed by atoms with Gasteiger partial charge in [-0.3, -0.25) is 4.79 Å². The minimum atomic E-state index is -1.03. The van der Waals surface area contributed by atoms with Gasteiger partial charge < -0.3 is 29.0 Å². The van der Waals surface area contributed by atoms with Gasteiger partial charge in [0.15, 0.2) is 17.5 Å². The number of halogens is 3. The average Bonchev–Trinajstić information content (AvgIpc) is 3.51. The van der Waals surface area contributed by atoms with E-state index in [1.54, 1.807) is 36.4 Å². The molecule has 2 atom stereocenters. The molecular weight excluding hydrogens is 642 g/mol. The van der Waals surface area contributed by atoms with E-state index in [-0.39, 0.29) is 55.1 Å². The zero-order valence-electron chi connectivity index (χ0n) is 26.4. The van der Waals surface area contributed by atoms with Gasteiger partial charge in [-0.2, -0.15) is 9.97 Å². The fourth-order valence-electron chi connectivity index (χ4n) is 6.16. The first-order valence-electron chi connectivity index (χ1n) is 15.5. The number of aromatic nitrogens is 4. The van der Waals surface area contributed by atoms with E-state index in [0.29, 0.717) is 34.1 Å². The van der Waals surface area contributed by atoms with Crippen molar-refractivity contribution in [2.45, 2.75) is 24.9 Å². The Morgan fingerprint density at radius 1 is 1.12 bits per heavy atom. The van der Waals surface area contributed by atoms with Crippen LogP contribution in [0, 0.1) is 12.4 Å². The number of hydrogen-bond acceptors (Lipinski definition) is 9. The Hall–Kier alpha value is -4.93. The molecule has 2 aromatic carbocycles. The van der Waals surface area contributed by atoms with Crippen molar-refractivity contribution < 1.29 is 23.0 Å². The lowest BCUT2D eigenvalue weighted by Crippen LogP contribution is -2.56. The van der Waals surface area contributed by atoms with Crippen LogP contribution in [-0.4, -0.2) is 101 Å². The van der Waals surface area contributed by atoms with E-state index in [1.807, 2.05) is 11.9 Å². The second-order valence-corrected chi connectivity index (χ2v) is 12.1. The van der Waals surface area contributed by atoms with Gasteiger partial charge in [-0.25, -0.2) is 25.3 Å². The average molecular weight is 675 g/mol. The Bertz CT molecular complexity index is 1890. The van der Waals surface area contributed by atoms with Crippen LogP contribution in [0.15, 0.2) is 54.6 Å². The number of nitrogens with zero attached hydrogens (tertiary/aromatic N) is 8. The summed E-state index contributed by atoms with van der Waals surface area (Å²) < 4.78 is 43.2. The largest absolute Gasteiger partial charge is 0.496 e. The van der Waals surface area contributed by atoms with Gasteiger partial charge in [0.1, 0.15) is 29.7 Å². The van der Waals surface area contributed by atoms with Crippen LogP contribution in [0.25, 0.3) is 33.0 Å². The number of anilines is 1. The fourth-order valence-corrected chi connectivity index (χ4v) is 6.34. The van der Waals surface area contributed by atoms with Crippen molar-refractivity contribution in [3.63, 3.8) is 0 Å². The minimum absolute atomic E-state index is 0.00369. The molecule has 0 bridgehead atoms. The van der Waals surface area contributed by atoms with Crippen LogP contribution in [0.5, 0.6) is 11.8 Å². The topological polar surface area (TPSA) is 101 Å². The van der Waals surface area contributed by atoms with E-state index in [2.05, 4.69) is 24.7 Å². The summed E-state index contributed by atoms with van der Waals surface area (Å²) in [5.41, 5.74) is 0.727. The number of likely N-dealkylation sites (N-methyl/N-ethyl adjacent to an activating group) is 1. The molecule has 2 saturated heterocycles. The zero-order chi connectivity index (χ0) is 33.8. The number of likely N-dealkylation sites (tertiary alicyclic amines) is 1. The van der Waals surface area contributed by atoms with Crippen LogP contribution in [-0.2, 0) is 4.79 Å². The van der Waals surface area contributed by atoms with Gasteiger partial charge >= 0.3 is 6.01 Å². The maximum absolute atomic E-state index is 16.5. The van der Waals surface area contributed by atoms with E-state index in [0.717, 1.165) is 25.5 Å². The molecule has 0 aliphatic carbocycles. The van der Waals surface area contributed by atoms with Gasteiger partial charge in [-0.15, -0.1) is 0 Å². The first-order valence-corrected chi connectivity index (χ1v) is 15.9. The highest BCUT2D eigenvalue weighted by Gasteiger charge is 2.36. The van der Waals surface area contributed by atoms with Crippen LogP contribution in [0.1, 0.15) is 18.7 Å². The Labute approximate surface area is 281 Å². The highest BCUT2D eigenvalue weighted by Crippen LogP contribution is 2.39. The van der Waals surface area contributed by atoms with Crippen LogP contribution >= 0.6 is 11.6 Å². The fraction of sp³-hybridized carbons (Fsp3) is 0.353. The van der Waals surface area contributed by atoms with E-state index in [4.69, 9.17) is 32.6 Å². The first kappa shape index (κ1) is 33.0. The quantitative estimate of drug-likeness (QED) is 0.173. The molecule has 6 rings (SSSR count). The van der Waals surface area contributed by atoms with Crippen molar-refractivity contribution in [2.24, 2.45) is 0 Å².